The Balaban J connectivity index is 1.64. The second kappa shape index (κ2) is 7.64. The Labute approximate surface area is 164 Å². The van der Waals surface area contributed by atoms with Crippen LogP contribution in [0.3, 0.4) is 0 Å². The molecule has 4 rings (SSSR count). The van der Waals surface area contributed by atoms with Crippen LogP contribution in [0.1, 0.15) is 47.1 Å². The minimum absolute atomic E-state index is 0.271. The van der Waals surface area contributed by atoms with Crippen LogP contribution in [0, 0.1) is 0 Å². The number of nitrogens with zero attached hydrogens (tertiary/aromatic N) is 2. The average molecular weight is 379 g/mol. The van der Waals surface area contributed by atoms with Gasteiger partial charge in [-0.3, -0.25) is 14.6 Å². The number of primary amides is 1. The van der Waals surface area contributed by atoms with E-state index in [2.05, 4.69) is 4.90 Å². The SMILES string of the molecule is NC(=O)C(c1ccc(CN2CCCC2)cc1)C1c2ccccc2CN1C(=O)O. The van der Waals surface area contributed by atoms with E-state index in [1.165, 1.54) is 23.3 Å². The van der Waals surface area contributed by atoms with Crippen LogP contribution >= 0.6 is 0 Å². The van der Waals surface area contributed by atoms with Gasteiger partial charge in [-0.15, -0.1) is 0 Å². The number of nitrogens with two attached hydrogens (primary N) is 1. The summed E-state index contributed by atoms with van der Waals surface area (Å²) in [4.78, 5) is 28.0. The van der Waals surface area contributed by atoms with E-state index in [4.69, 9.17) is 5.73 Å². The van der Waals surface area contributed by atoms with E-state index in [-0.39, 0.29) is 6.54 Å². The molecule has 2 aliphatic rings. The molecule has 28 heavy (non-hydrogen) atoms. The van der Waals surface area contributed by atoms with Crippen molar-refractivity contribution in [1.29, 1.82) is 0 Å². The lowest BCUT2D eigenvalue weighted by molar-refractivity contribution is -0.120. The van der Waals surface area contributed by atoms with E-state index in [1.54, 1.807) is 0 Å². The van der Waals surface area contributed by atoms with Crippen molar-refractivity contribution in [2.45, 2.75) is 37.9 Å². The number of likely N-dealkylation sites (tertiary alicyclic amines) is 1. The fourth-order valence-electron chi connectivity index (χ4n) is 4.49. The number of benzene rings is 2. The van der Waals surface area contributed by atoms with Crippen molar-refractivity contribution in [1.82, 2.24) is 9.80 Å². The van der Waals surface area contributed by atoms with Gasteiger partial charge in [-0.05, 0) is 48.2 Å². The monoisotopic (exact) mass is 379 g/mol. The highest BCUT2D eigenvalue weighted by Gasteiger charge is 2.41. The number of amides is 2. The van der Waals surface area contributed by atoms with Crippen molar-refractivity contribution in [3.8, 4) is 0 Å². The zero-order chi connectivity index (χ0) is 19.7. The minimum atomic E-state index is -1.04. The van der Waals surface area contributed by atoms with Gasteiger partial charge in [-0.2, -0.15) is 0 Å². The van der Waals surface area contributed by atoms with Crippen LogP contribution in [0.2, 0.25) is 0 Å². The number of rotatable bonds is 5. The molecule has 146 valence electrons. The van der Waals surface area contributed by atoms with Crippen molar-refractivity contribution in [2.24, 2.45) is 5.73 Å². The third kappa shape index (κ3) is 3.47. The zero-order valence-corrected chi connectivity index (χ0v) is 15.8. The summed E-state index contributed by atoms with van der Waals surface area (Å²) in [5.74, 6) is -1.24. The van der Waals surface area contributed by atoms with Gasteiger partial charge >= 0.3 is 6.09 Å². The standard InChI is InChI=1S/C22H25N3O3/c23-21(26)19(16-9-7-15(8-10-16)13-24-11-3-4-12-24)20-18-6-2-1-5-17(18)14-25(20)22(27)28/h1-2,5-10,19-20H,3-4,11-14H2,(H2,23,26)(H,27,28). The van der Waals surface area contributed by atoms with Gasteiger partial charge in [0.05, 0.1) is 18.5 Å². The molecule has 2 aromatic rings. The first-order valence-electron chi connectivity index (χ1n) is 9.72. The van der Waals surface area contributed by atoms with Gasteiger partial charge in [0.15, 0.2) is 0 Å². The summed E-state index contributed by atoms with van der Waals surface area (Å²) in [5.41, 5.74) is 9.50. The summed E-state index contributed by atoms with van der Waals surface area (Å²) in [6.45, 7) is 3.41. The fourth-order valence-corrected chi connectivity index (χ4v) is 4.49. The lowest BCUT2D eigenvalue weighted by Crippen LogP contribution is -2.37. The quantitative estimate of drug-likeness (QED) is 0.836. The number of carbonyl (C=O) groups excluding carboxylic acids is 1. The Morgan fingerprint density at radius 2 is 1.75 bits per heavy atom. The molecule has 3 N–H and O–H groups in total. The van der Waals surface area contributed by atoms with Gasteiger partial charge in [0, 0.05) is 6.54 Å². The highest BCUT2D eigenvalue weighted by atomic mass is 16.4. The Morgan fingerprint density at radius 1 is 1.07 bits per heavy atom. The molecule has 0 saturated carbocycles. The number of fused-ring (bicyclic) bond motifs is 1. The van der Waals surface area contributed by atoms with Gasteiger partial charge < -0.3 is 10.8 Å². The molecule has 0 radical (unpaired) electrons. The molecule has 1 saturated heterocycles. The van der Waals surface area contributed by atoms with Crippen molar-refractivity contribution in [3.63, 3.8) is 0 Å². The van der Waals surface area contributed by atoms with Gasteiger partial charge in [0.2, 0.25) is 5.91 Å². The van der Waals surface area contributed by atoms with E-state index >= 15 is 0 Å². The summed E-state index contributed by atoms with van der Waals surface area (Å²) >= 11 is 0. The Bertz CT molecular complexity index is 875. The summed E-state index contributed by atoms with van der Waals surface area (Å²) < 4.78 is 0. The first kappa shape index (κ1) is 18.5. The summed E-state index contributed by atoms with van der Waals surface area (Å²) in [6, 6.07) is 14.8. The van der Waals surface area contributed by atoms with Crippen LogP contribution in [-0.4, -0.2) is 40.0 Å². The maximum Gasteiger partial charge on any atom is 0.408 e. The Morgan fingerprint density at radius 3 is 2.39 bits per heavy atom. The molecular weight excluding hydrogens is 354 g/mol. The number of hydrogen-bond donors (Lipinski definition) is 2. The topological polar surface area (TPSA) is 86.9 Å². The van der Waals surface area contributed by atoms with E-state index in [0.717, 1.165) is 36.3 Å². The molecule has 2 aliphatic heterocycles. The van der Waals surface area contributed by atoms with Crippen molar-refractivity contribution in [3.05, 3.63) is 70.8 Å². The highest BCUT2D eigenvalue weighted by molar-refractivity contribution is 5.84. The van der Waals surface area contributed by atoms with E-state index < -0.39 is 24.0 Å². The maximum atomic E-state index is 12.4. The lowest BCUT2D eigenvalue weighted by atomic mass is 9.86. The highest BCUT2D eigenvalue weighted by Crippen LogP contribution is 2.43. The third-order valence-electron chi connectivity index (χ3n) is 5.86. The van der Waals surface area contributed by atoms with Crippen LogP contribution in [-0.2, 0) is 17.9 Å². The van der Waals surface area contributed by atoms with E-state index in [0.29, 0.717) is 0 Å². The predicted molar refractivity (Wildman–Crippen MR) is 106 cm³/mol. The largest absolute Gasteiger partial charge is 0.465 e. The smallest absolute Gasteiger partial charge is 0.408 e. The molecule has 6 nitrogen and oxygen atoms in total. The molecule has 2 amide bonds. The lowest BCUT2D eigenvalue weighted by Gasteiger charge is -2.29. The first-order chi connectivity index (χ1) is 13.5. The van der Waals surface area contributed by atoms with E-state index in [9.17, 15) is 14.7 Å². The third-order valence-corrected chi connectivity index (χ3v) is 5.86. The molecular formula is C22H25N3O3. The molecule has 0 spiro atoms. The predicted octanol–water partition coefficient (Wildman–Crippen LogP) is 3.09. The van der Waals surface area contributed by atoms with Gasteiger partial charge in [-0.25, -0.2) is 4.79 Å². The molecule has 2 unspecified atom stereocenters. The fraction of sp³-hybridized carbons (Fsp3) is 0.364. The second-order valence-corrected chi connectivity index (χ2v) is 7.66. The molecule has 0 aromatic heterocycles. The van der Waals surface area contributed by atoms with E-state index in [1.807, 2.05) is 48.5 Å². The van der Waals surface area contributed by atoms with Crippen LogP contribution in [0.5, 0.6) is 0 Å². The normalized spacial score (nSPS) is 20.1. The summed E-state index contributed by atoms with van der Waals surface area (Å²) in [6.07, 6.45) is 1.44. The van der Waals surface area contributed by atoms with Gasteiger partial charge in [-0.1, -0.05) is 48.5 Å². The molecule has 0 bridgehead atoms. The molecule has 2 heterocycles. The second-order valence-electron chi connectivity index (χ2n) is 7.66. The number of hydrogen-bond acceptors (Lipinski definition) is 3. The minimum Gasteiger partial charge on any atom is -0.465 e. The Kier molecular flexibility index (Phi) is 5.05. The zero-order valence-electron chi connectivity index (χ0n) is 15.8. The molecule has 1 fully saturated rings. The molecule has 2 atom stereocenters. The van der Waals surface area contributed by atoms with Crippen LogP contribution < -0.4 is 5.73 Å². The van der Waals surface area contributed by atoms with Gasteiger partial charge in [0.1, 0.15) is 0 Å². The number of carbonyl (C=O) groups is 2. The van der Waals surface area contributed by atoms with Crippen molar-refractivity contribution in [2.75, 3.05) is 13.1 Å². The van der Waals surface area contributed by atoms with Crippen molar-refractivity contribution < 1.29 is 14.7 Å². The first-order valence-corrected chi connectivity index (χ1v) is 9.72. The summed E-state index contributed by atoms with van der Waals surface area (Å²) in [7, 11) is 0. The molecule has 2 aromatic carbocycles. The molecule has 0 aliphatic carbocycles. The molecule has 6 heteroatoms. The van der Waals surface area contributed by atoms with Gasteiger partial charge in [0.25, 0.3) is 0 Å². The summed E-state index contributed by atoms with van der Waals surface area (Å²) in [5, 5.41) is 9.71. The Hall–Kier alpha value is -2.86. The number of carboxylic acid groups (broad SMARTS) is 1. The van der Waals surface area contributed by atoms with Crippen LogP contribution in [0.25, 0.3) is 0 Å². The van der Waals surface area contributed by atoms with Crippen molar-refractivity contribution >= 4 is 12.0 Å². The van der Waals surface area contributed by atoms with Crippen LogP contribution in [0.4, 0.5) is 4.79 Å². The maximum absolute atomic E-state index is 12.4. The average Bonchev–Trinajstić information content (AvgIpc) is 3.31. The van der Waals surface area contributed by atoms with Crippen LogP contribution in [0.15, 0.2) is 48.5 Å².